The van der Waals surface area contributed by atoms with Gasteiger partial charge in [0.15, 0.2) is 5.82 Å². The van der Waals surface area contributed by atoms with E-state index in [4.69, 9.17) is 10.3 Å². The van der Waals surface area contributed by atoms with Gasteiger partial charge in [-0.05, 0) is 37.5 Å². The maximum atomic E-state index is 6.06. The van der Waals surface area contributed by atoms with Crippen LogP contribution in [0, 0.1) is 11.8 Å². The third-order valence-corrected chi connectivity index (χ3v) is 3.75. The molecular formula is C14H25N3O. The molecule has 4 nitrogen and oxygen atoms in total. The molecule has 0 bridgehead atoms. The number of nitrogens with zero attached hydrogens (tertiary/aromatic N) is 2. The maximum absolute atomic E-state index is 6.06. The third-order valence-electron chi connectivity index (χ3n) is 3.75. The quantitative estimate of drug-likeness (QED) is 0.874. The summed E-state index contributed by atoms with van der Waals surface area (Å²) in [6, 6.07) is 0.126. The highest BCUT2D eigenvalue weighted by atomic mass is 16.5. The molecule has 0 aromatic carbocycles. The second-order valence-corrected chi connectivity index (χ2v) is 6.26. The van der Waals surface area contributed by atoms with Crippen LogP contribution < -0.4 is 5.73 Å². The van der Waals surface area contributed by atoms with Crippen molar-refractivity contribution < 1.29 is 4.52 Å². The summed E-state index contributed by atoms with van der Waals surface area (Å²) in [5, 5.41) is 4.12. The molecule has 0 radical (unpaired) electrons. The molecule has 0 aliphatic heterocycles. The predicted octanol–water partition coefficient (Wildman–Crippen LogP) is 2.89. The molecule has 0 spiro atoms. The van der Waals surface area contributed by atoms with E-state index in [2.05, 4.69) is 30.9 Å². The Labute approximate surface area is 109 Å². The average Bonchev–Trinajstić information content (AvgIpc) is 2.85. The summed E-state index contributed by atoms with van der Waals surface area (Å²) in [4.78, 5) is 4.52. The lowest BCUT2D eigenvalue weighted by molar-refractivity contribution is 0.352. The van der Waals surface area contributed by atoms with Crippen molar-refractivity contribution in [1.29, 1.82) is 0 Å². The summed E-state index contributed by atoms with van der Waals surface area (Å²) in [6.45, 7) is 6.65. The van der Waals surface area contributed by atoms with Crippen molar-refractivity contribution >= 4 is 0 Å². The van der Waals surface area contributed by atoms with Crippen LogP contribution in [-0.4, -0.2) is 16.2 Å². The van der Waals surface area contributed by atoms with Crippen LogP contribution in [-0.2, 0) is 6.42 Å². The Morgan fingerprint density at radius 1 is 1.39 bits per heavy atom. The molecule has 102 valence electrons. The molecule has 1 fully saturated rings. The van der Waals surface area contributed by atoms with E-state index in [1.807, 2.05) is 0 Å². The van der Waals surface area contributed by atoms with Crippen LogP contribution in [0.2, 0.25) is 0 Å². The van der Waals surface area contributed by atoms with Gasteiger partial charge in [-0.15, -0.1) is 0 Å². The Bertz CT molecular complexity index is 375. The molecule has 1 saturated carbocycles. The zero-order valence-electron chi connectivity index (χ0n) is 11.7. The molecule has 1 heterocycles. The summed E-state index contributed by atoms with van der Waals surface area (Å²) in [5.41, 5.74) is 6.06. The van der Waals surface area contributed by atoms with Crippen molar-refractivity contribution in [3.63, 3.8) is 0 Å². The van der Waals surface area contributed by atoms with Crippen molar-refractivity contribution in [2.75, 3.05) is 0 Å². The van der Waals surface area contributed by atoms with Crippen molar-refractivity contribution in [2.24, 2.45) is 17.6 Å². The first-order chi connectivity index (χ1) is 8.54. The largest absolute Gasteiger partial charge is 0.339 e. The first kappa shape index (κ1) is 13.5. The van der Waals surface area contributed by atoms with Crippen molar-refractivity contribution in [3.8, 4) is 0 Å². The van der Waals surface area contributed by atoms with E-state index in [9.17, 15) is 0 Å². The van der Waals surface area contributed by atoms with E-state index in [0.717, 1.165) is 18.2 Å². The van der Waals surface area contributed by atoms with Gasteiger partial charge in [0.05, 0.1) is 0 Å². The molecule has 0 saturated heterocycles. The molecule has 2 N–H and O–H groups in total. The van der Waals surface area contributed by atoms with Crippen LogP contribution in [0.5, 0.6) is 0 Å². The summed E-state index contributed by atoms with van der Waals surface area (Å²) in [7, 11) is 0. The van der Waals surface area contributed by atoms with Crippen LogP contribution in [0.25, 0.3) is 0 Å². The predicted molar refractivity (Wildman–Crippen MR) is 71.2 cm³/mol. The Balaban J connectivity index is 1.90. The van der Waals surface area contributed by atoms with E-state index >= 15 is 0 Å². The van der Waals surface area contributed by atoms with Crippen molar-refractivity contribution in [2.45, 2.75) is 64.8 Å². The van der Waals surface area contributed by atoms with E-state index in [-0.39, 0.29) is 6.04 Å². The van der Waals surface area contributed by atoms with Gasteiger partial charge in [-0.2, -0.15) is 4.98 Å². The molecule has 1 aromatic rings. The lowest BCUT2D eigenvalue weighted by Crippen LogP contribution is -2.24. The highest BCUT2D eigenvalue weighted by molar-refractivity contribution is 4.99. The Kier molecular flexibility index (Phi) is 4.38. The highest BCUT2D eigenvalue weighted by Crippen LogP contribution is 2.36. The number of hydrogen-bond donors (Lipinski definition) is 1. The molecule has 1 aromatic heterocycles. The van der Waals surface area contributed by atoms with Gasteiger partial charge in [0.1, 0.15) is 0 Å². The fourth-order valence-corrected chi connectivity index (χ4v) is 2.87. The molecule has 18 heavy (non-hydrogen) atoms. The van der Waals surface area contributed by atoms with E-state index in [1.54, 1.807) is 0 Å². The van der Waals surface area contributed by atoms with Crippen LogP contribution in [0.1, 0.15) is 64.1 Å². The normalized spacial score (nSPS) is 25.8. The summed E-state index contributed by atoms with van der Waals surface area (Å²) in [5.74, 6) is 3.50. The average molecular weight is 251 g/mol. The lowest BCUT2D eigenvalue weighted by Gasteiger charge is -2.10. The van der Waals surface area contributed by atoms with Crippen LogP contribution >= 0.6 is 0 Å². The first-order valence-corrected chi connectivity index (χ1v) is 7.12. The Morgan fingerprint density at radius 2 is 2.17 bits per heavy atom. The third kappa shape index (κ3) is 3.55. The SMILES string of the molecule is CC(C)CC(N)Cc1nc(C2CCC(C)C2)no1. The van der Waals surface area contributed by atoms with Crippen LogP contribution in [0.3, 0.4) is 0 Å². The van der Waals surface area contributed by atoms with Crippen LogP contribution in [0.4, 0.5) is 0 Å². The van der Waals surface area contributed by atoms with E-state index < -0.39 is 0 Å². The minimum Gasteiger partial charge on any atom is -0.339 e. The molecule has 2 rings (SSSR count). The molecule has 1 aliphatic carbocycles. The van der Waals surface area contributed by atoms with E-state index in [0.29, 0.717) is 24.1 Å². The highest BCUT2D eigenvalue weighted by Gasteiger charge is 2.27. The second-order valence-electron chi connectivity index (χ2n) is 6.26. The monoisotopic (exact) mass is 251 g/mol. The smallest absolute Gasteiger partial charge is 0.228 e. The van der Waals surface area contributed by atoms with Crippen LogP contribution in [0.15, 0.2) is 4.52 Å². The molecule has 3 atom stereocenters. The summed E-state index contributed by atoms with van der Waals surface area (Å²) < 4.78 is 5.32. The maximum Gasteiger partial charge on any atom is 0.228 e. The number of rotatable bonds is 5. The van der Waals surface area contributed by atoms with Gasteiger partial charge in [-0.1, -0.05) is 25.9 Å². The van der Waals surface area contributed by atoms with Gasteiger partial charge in [0.25, 0.3) is 0 Å². The number of aromatic nitrogens is 2. The summed E-state index contributed by atoms with van der Waals surface area (Å²) in [6.07, 6.45) is 5.36. The first-order valence-electron chi connectivity index (χ1n) is 7.12. The van der Waals surface area contributed by atoms with Gasteiger partial charge in [0, 0.05) is 18.4 Å². The zero-order chi connectivity index (χ0) is 13.1. The molecule has 0 amide bonds. The fraction of sp³-hybridized carbons (Fsp3) is 0.857. The molecule has 4 heteroatoms. The standard InChI is InChI=1S/C14H25N3O/c1-9(2)6-12(15)8-13-16-14(17-18-13)11-5-4-10(3)7-11/h9-12H,4-8,15H2,1-3H3. The van der Waals surface area contributed by atoms with Gasteiger partial charge < -0.3 is 10.3 Å². The minimum absolute atomic E-state index is 0.126. The van der Waals surface area contributed by atoms with Gasteiger partial charge in [0.2, 0.25) is 5.89 Å². The van der Waals surface area contributed by atoms with Gasteiger partial charge in [-0.25, -0.2) is 0 Å². The van der Waals surface area contributed by atoms with Gasteiger partial charge in [-0.3, -0.25) is 0 Å². The second kappa shape index (κ2) is 5.83. The zero-order valence-corrected chi connectivity index (χ0v) is 11.7. The number of hydrogen-bond acceptors (Lipinski definition) is 4. The van der Waals surface area contributed by atoms with Crippen molar-refractivity contribution in [3.05, 3.63) is 11.7 Å². The lowest BCUT2D eigenvalue weighted by atomic mass is 10.0. The topological polar surface area (TPSA) is 64.9 Å². The van der Waals surface area contributed by atoms with E-state index in [1.165, 1.54) is 19.3 Å². The molecule has 3 unspecified atom stereocenters. The summed E-state index contributed by atoms with van der Waals surface area (Å²) >= 11 is 0. The van der Waals surface area contributed by atoms with Gasteiger partial charge >= 0.3 is 0 Å². The minimum atomic E-state index is 0.126. The Morgan fingerprint density at radius 3 is 2.78 bits per heavy atom. The number of nitrogens with two attached hydrogens (primary N) is 1. The fourth-order valence-electron chi connectivity index (χ4n) is 2.87. The Hall–Kier alpha value is -0.900. The molecular weight excluding hydrogens is 226 g/mol. The molecule has 1 aliphatic rings. The van der Waals surface area contributed by atoms with Crippen molar-refractivity contribution in [1.82, 2.24) is 10.1 Å².